The van der Waals surface area contributed by atoms with Gasteiger partial charge in [0.2, 0.25) is 0 Å². The number of thioether (sulfide) groups is 2. The summed E-state index contributed by atoms with van der Waals surface area (Å²) in [5.41, 5.74) is 1.24. The van der Waals surface area contributed by atoms with E-state index in [1.54, 1.807) is 23.9 Å². The van der Waals surface area contributed by atoms with Crippen molar-refractivity contribution in [1.82, 2.24) is 4.90 Å². The van der Waals surface area contributed by atoms with Crippen LogP contribution in [-0.4, -0.2) is 21.7 Å². The summed E-state index contributed by atoms with van der Waals surface area (Å²) < 4.78 is 6.34. The number of rotatable bonds is 6. The average molecular weight is 374 g/mol. The van der Waals surface area contributed by atoms with Gasteiger partial charge in [0.15, 0.2) is 5.09 Å². The Morgan fingerprint density at radius 3 is 2.79 bits per heavy atom. The molecule has 2 heterocycles. The predicted molar refractivity (Wildman–Crippen MR) is 105 cm³/mol. The number of nitrogens with zero attached hydrogens (tertiary/aromatic N) is 1. The molecule has 0 aliphatic carbocycles. The summed E-state index contributed by atoms with van der Waals surface area (Å²) in [7, 11) is 0. The van der Waals surface area contributed by atoms with Gasteiger partial charge in [-0.1, -0.05) is 72.1 Å². The monoisotopic (exact) mass is 373 g/mol. The number of carbonyl (C=O) groups is 1. The van der Waals surface area contributed by atoms with Crippen LogP contribution in [0.1, 0.15) is 11.3 Å². The third kappa shape index (κ3) is 4.01. The van der Waals surface area contributed by atoms with E-state index in [-0.39, 0.29) is 5.91 Å². The fourth-order valence-corrected chi connectivity index (χ4v) is 4.21. The van der Waals surface area contributed by atoms with E-state index in [1.807, 2.05) is 30.3 Å². The van der Waals surface area contributed by atoms with E-state index in [0.29, 0.717) is 21.5 Å². The molecule has 1 aromatic heterocycles. The van der Waals surface area contributed by atoms with Gasteiger partial charge in [-0.15, -0.1) is 6.58 Å². The topological polar surface area (TPSA) is 33.5 Å². The van der Waals surface area contributed by atoms with Crippen molar-refractivity contribution in [1.29, 1.82) is 0 Å². The minimum absolute atomic E-state index is 0.0974. The van der Waals surface area contributed by atoms with E-state index < -0.39 is 0 Å². The Bertz CT molecular complexity index is 796. The molecule has 1 aliphatic rings. The average Bonchev–Trinajstić information content (AvgIpc) is 3.14. The highest BCUT2D eigenvalue weighted by molar-refractivity contribution is 8.26. The smallest absolute Gasteiger partial charge is 0.266 e. The molecule has 1 aliphatic heterocycles. The van der Waals surface area contributed by atoms with Gasteiger partial charge in [-0.2, -0.15) is 0 Å². The molecule has 0 atom stereocenters. The Balaban J connectivity index is 1.66. The first-order valence-electron chi connectivity index (χ1n) is 7.30. The summed E-state index contributed by atoms with van der Waals surface area (Å²) in [6, 6.07) is 14.0. The molecule has 0 spiro atoms. The lowest BCUT2D eigenvalue weighted by molar-refractivity contribution is -0.121. The van der Waals surface area contributed by atoms with Crippen molar-refractivity contribution in [2.75, 3.05) is 6.54 Å². The minimum atomic E-state index is -0.0974. The molecule has 24 heavy (non-hydrogen) atoms. The summed E-state index contributed by atoms with van der Waals surface area (Å²) in [6.07, 6.45) is 3.41. The van der Waals surface area contributed by atoms with Crippen molar-refractivity contribution >= 4 is 52.0 Å². The standard InChI is InChI=1S/C18H15NO2S3/c1-2-10-19-17(20)15(24-18(19)22)11-14-8-9-16(21-14)23-12-13-6-4-3-5-7-13/h2-9,11H,1,10,12H2. The number of furan rings is 1. The van der Waals surface area contributed by atoms with Gasteiger partial charge >= 0.3 is 0 Å². The van der Waals surface area contributed by atoms with Crippen LogP contribution in [0.2, 0.25) is 0 Å². The van der Waals surface area contributed by atoms with Gasteiger partial charge in [-0.3, -0.25) is 9.69 Å². The van der Waals surface area contributed by atoms with Crippen molar-refractivity contribution in [3.63, 3.8) is 0 Å². The van der Waals surface area contributed by atoms with E-state index in [9.17, 15) is 4.79 Å². The Morgan fingerprint density at radius 1 is 1.25 bits per heavy atom. The molecule has 2 aromatic rings. The maximum atomic E-state index is 12.3. The van der Waals surface area contributed by atoms with Crippen LogP contribution in [0.25, 0.3) is 6.08 Å². The molecule has 0 unspecified atom stereocenters. The van der Waals surface area contributed by atoms with Crippen molar-refractivity contribution in [3.05, 3.63) is 71.3 Å². The summed E-state index contributed by atoms with van der Waals surface area (Å²) in [5, 5.41) is 0.826. The fourth-order valence-electron chi connectivity index (χ4n) is 2.13. The predicted octanol–water partition coefficient (Wildman–Crippen LogP) is 4.96. The molecule has 3 nitrogen and oxygen atoms in total. The van der Waals surface area contributed by atoms with Crippen molar-refractivity contribution in [3.8, 4) is 0 Å². The van der Waals surface area contributed by atoms with Crippen LogP contribution in [0.15, 0.2) is 69.5 Å². The van der Waals surface area contributed by atoms with Crippen molar-refractivity contribution in [2.45, 2.75) is 10.8 Å². The molecule has 1 aromatic carbocycles. The fraction of sp³-hybridized carbons (Fsp3) is 0.111. The quantitative estimate of drug-likeness (QED) is 0.309. The van der Waals surface area contributed by atoms with Gasteiger partial charge in [0, 0.05) is 18.4 Å². The van der Waals surface area contributed by atoms with Crippen LogP contribution in [0.5, 0.6) is 0 Å². The SMILES string of the molecule is C=CCN1C(=O)C(=Cc2ccc(SCc3ccccc3)o2)SC1=S. The highest BCUT2D eigenvalue weighted by Crippen LogP contribution is 2.33. The first-order chi connectivity index (χ1) is 11.7. The molecule has 1 fully saturated rings. The van der Waals surface area contributed by atoms with E-state index >= 15 is 0 Å². The zero-order chi connectivity index (χ0) is 16.9. The van der Waals surface area contributed by atoms with Gasteiger partial charge in [0.1, 0.15) is 10.1 Å². The number of carbonyl (C=O) groups excluding carboxylic acids is 1. The van der Waals surface area contributed by atoms with E-state index in [1.165, 1.54) is 22.2 Å². The maximum absolute atomic E-state index is 12.3. The summed E-state index contributed by atoms with van der Waals surface area (Å²) >= 11 is 8.14. The first-order valence-corrected chi connectivity index (χ1v) is 9.51. The van der Waals surface area contributed by atoms with Crippen LogP contribution in [0.4, 0.5) is 0 Å². The normalized spacial score (nSPS) is 16.2. The first kappa shape index (κ1) is 17.1. The molecular weight excluding hydrogens is 358 g/mol. The zero-order valence-corrected chi connectivity index (χ0v) is 15.3. The molecule has 0 radical (unpaired) electrons. The van der Waals surface area contributed by atoms with Crippen LogP contribution in [-0.2, 0) is 10.5 Å². The Morgan fingerprint density at radius 2 is 2.04 bits per heavy atom. The second-order valence-corrected chi connectivity index (χ2v) is 7.67. The van der Waals surface area contributed by atoms with Gasteiger partial charge in [0.05, 0.1) is 4.91 Å². The van der Waals surface area contributed by atoms with Crippen LogP contribution in [0.3, 0.4) is 0 Å². The number of amides is 1. The van der Waals surface area contributed by atoms with Gasteiger partial charge in [-0.25, -0.2) is 0 Å². The number of thiocarbonyl (C=S) groups is 1. The Labute approximate surface area is 154 Å². The lowest BCUT2D eigenvalue weighted by atomic mass is 10.2. The molecule has 6 heteroatoms. The number of hydrogen-bond acceptors (Lipinski definition) is 5. The summed E-state index contributed by atoms with van der Waals surface area (Å²) in [6.45, 7) is 4.08. The third-order valence-electron chi connectivity index (χ3n) is 3.28. The van der Waals surface area contributed by atoms with Crippen LogP contribution in [0, 0.1) is 0 Å². The lowest BCUT2D eigenvalue weighted by Gasteiger charge is -2.10. The molecule has 1 saturated heterocycles. The molecular formula is C18H15NO2S3. The maximum Gasteiger partial charge on any atom is 0.266 e. The highest BCUT2D eigenvalue weighted by atomic mass is 32.2. The largest absolute Gasteiger partial charge is 0.450 e. The molecule has 122 valence electrons. The molecule has 0 N–H and O–H groups in total. The summed E-state index contributed by atoms with van der Waals surface area (Å²) in [4.78, 5) is 14.4. The Kier molecular flexibility index (Phi) is 5.60. The number of hydrogen-bond donors (Lipinski definition) is 0. The zero-order valence-electron chi connectivity index (χ0n) is 12.8. The van der Waals surface area contributed by atoms with E-state index in [2.05, 4.69) is 18.7 Å². The highest BCUT2D eigenvalue weighted by Gasteiger charge is 2.31. The second-order valence-electron chi connectivity index (χ2n) is 5.01. The van der Waals surface area contributed by atoms with Crippen LogP contribution >= 0.6 is 35.7 Å². The summed E-state index contributed by atoms with van der Waals surface area (Å²) in [5.74, 6) is 1.40. The van der Waals surface area contributed by atoms with Gasteiger partial charge < -0.3 is 4.42 Å². The third-order valence-corrected chi connectivity index (χ3v) is 5.64. The molecule has 0 bridgehead atoms. The Hall–Kier alpha value is -1.76. The van der Waals surface area contributed by atoms with Gasteiger partial charge in [-0.05, 0) is 17.7 Å². The lowest BCUT2D eigenvalue weighted by Crippen LogP contribution is -2.27. The molecule has 3 rings (SSSR count). The molecule has 0 saturated carbocycles. The van der Waals surface area contributed by atoms with Crippen molar-refractivity contribution in [2.24, 2.45) is 0 Å². The minimum Gasteiger partial charge on any atom is -0.450 e. The van der Waals surface area contributed by atoms with Crippen molar-refractivity contribution < 1.29 is 9.21 Å². The van der Waals surface area contributed by atoms with Gasteiger partial charge in [0.25, 0.3) is 5.91 Å². The van der Waals surface area contributed by atoms with E-state index in [0.717, 1.165) is 10.8 Å². The number of benzene rings is 1. The molecule has 1 amide bonds. The van der Waals surface area contributed by atoms with E-state index in [4.69, 9.17) is 16.6 Å². The van der Waals surface area contributed by atoms with Crippen LogP contribution < -0.4 is 0 Å². The second kappa shape index (κ2) is 7.88.